The summed E-state index contributed by atoms with van der Waals surface area (Å²) in [5.41, 5.74) is 1.40. The van der Waals surface area contributed by atoms with Crippen LogP contribution in [-0.2, 0) is 6.54 Å². The van der Waals surface area contributed by atoms with Crippen LogP contribution in [0.3, 0.4) is 0 Å². The summed E-state index contributed by atoms with van der Waals surface area (Å²) >= 11 is 0. The number of nitrogens with zero attached hydrogens (tertiary/aromatic N) is 1. The molecule has 0 aliphatic carbocycles. The Morgan fingerprint density at radius 2 is 2.38 bits per heavy atom. The summed E-state index contributed by atoms with van der Waals surface area (Å²) in [7, 11) is 1.79. The number of halogens is 1. The van der Waals surface area contributed by atoms with Gasteiger partial charge >= 0.3 is 0 Å². The van der Waals surface area contributed by atoms with Crippen molar-refractivity contribution >= 4 is 10.9 Å². The summed E-state index contributed by atoms with van der Waals surface area (Å²) in [5.74, 6) is -0.203. The lowest BCUT2D eigenvalue weighted by atomic mass is 10.1. The average Bonchev–Trinajstić information content (AvgIpc) is 2.52. The number of benzene rings is 1. The molecule has 4 heteroatoms. The lowest BCUT2D eigenvalue weighted by molar-refractivity contribution is 0.603. The molecule has 2 rings (SSSR count). The second-order valence-electron chi connectivity index (χ2n) is 2.93. The molecule has 2 aromatic rings. The Hall–Kier alpha value is -1.42. The first-order valence-electron chi connectivity index (χ1n) is 4.07. The highest BCUT2D eigenvalue weighted by molar-refractivity contribution is 5.78. The molecule has 1 heterocycles. The first-order valence-corrected chi connectivity index (χ1v) is 4.07. The van der Waals surface area contributed by atoms with Crippen LogP contribution in [0.5, 0.6) is 0 Å². The van der Waals surface area contributed by atoms with Crippen molar-refractivity contribution in [1.29, 1.82) is 0 Å². The van der Waals surface area contributed by atoms with Crippen molar-refractivity contribution in [1.82, 2.24) is 15.5 Å². The predicted octanol–water partition coefficient (Wildman–Crippen LogP) is 1.42. The quantitative estimate of drug-likeness (QED) is 0.732. The van der Waals surface area contributed by atoms with Crippen molar-refractivity contribution in [3.63, 3.8) is 0 Å². The molecule has 0 aliphatic rings. The number of rotatable bonds is 2. The lowest BCUT2D eigenvalue weighted by Crippen LogP contribution is -2.06. The van der Waals surface area contributed by atoms with E-state index >= 15 is 0 Å². The van der Waals surface area contributed by atoms with Crippen LogP contribution in [0.2, 0.25) is 0 Å². The van der Waals surface area contributed by atoms with E-state index in [1.54, 1.807) is 19.3 Å². The molecule has 1 aromatic heterocycles. The molecule has 13 heavy (non-hydrogen) atoms. The van der Waals surface area contributed by atoms with Gasteiger partial charge in [0.2, 0.25) is 0 Å². The van der Waals surface area contributed by atoms with Gasteiger partial charge in [-0.3, -0.25) is 5.10 Å². The normalized spacial score (nSPS) is 10.9. The maximum absolute atomic E-state index is 13.3. The molecule has 0 aliphatic heterocycles. The molecule has 0 radical (unpaired) electrons. The molecule has 2 N–H and O–H groups in total. The van der Waals surface area contributed by atoms with E-state index in [1.807, 2.05) is 0 Å². The zero-order valence-corrected chi connectivity index (χ0v) is 7.26. The van der Waals surface area contributed by atoms with E-state index in [9.17, 15) is 4.39 Å². The van der Waals surface area contributed by atoms with Crippen molar-refractivity contribution in [2.75, 3.05) is 7.05 Å². The number of aromatic amines is 1. The van der Waals surface area contributed by atoms with Crippen molar-refractivity contribution in [3.05, 3.63) is 29.7 Å². The second kappa shape index (κ2) is 3.14. The molecule has 0 fully saturated rings. The third-order valence-electron chi connectivity index (χ3n) is 1.97. The summed E-state index contributed by atoms with van der Waals surface area (Å²) in [4.78, 5) is 0. The highest BCUT2D eigenvalue weighted by Crippen LogP contribution is 2.16. The Kier molecular flexibility index (Phi) is 1.98. The molecule has 0 saturated heterocycles. The minimum atomic E-state index is -0.203. The van der Waals surface area contributed by atoms with E-state index in [4.69, 9.17) is 0 Å². The molecule has 0 saturated carbocycles. The van der Waals surface area contributed by atoms with Crippen molar-refractivity contribution in [2.45, 2.75) is 6.54 Å². The van der Waals surface area contributed by atoms with Gasteiger partial charge in [-0.25, -0.2) is 4.39 Å². The van der Waals surface area contributed by atoms with Crippen molar-refractivity contribution in [2.24, 2.45) is 0 Å². The fourth-order valence-corrected chi connectivity index (χ4v) is 1.34. The van der Waals surface area contributed by atoms with E-state index in [1.165, 1.54) is 6.07 Å². The zero-order valence-electron chi connectivity index (χ0n) is 7.26. The highest BCUT2D eigenvalue weighted by atomic mass is 19.1. The molecule has 0 atom stereocenters. The van der Waals surface area contributed by atoms with Gasteiger partial charge in [0.25, 0.3) is 0 Å². The third-order valence-corrected chi connectivity index (χ3v) is 1.97. The van der Waals surface area contributed by atoms with Gasteiger partial charge in [0.1, 0.15) is 5.82 Å². The number of nitrogens with one attached hydrogen (secondary N) is 2. The number of aromatic nitrogens is 2. The minimum Gasteiger partial charge on any atom is -0.316 e. The first-order chi connectivity index (χ1) is 6.31. The van der Waals surface area contributed by atoms with Gasteiger partial charge in [-0.2, -0.15) is 5.10 Å². The van der Waals surface area contributed by atoms with E-state index in [-0.39, 0.29) is 5.82 Å². The monoisotopic (exact) mass is 179 g/mol. The van der Waals surface area contributed by atoms with Gasteiger partial charge in [-0.1, -0.05) is 0 Å². The molecular weight excluding hydrogens is 169 g/mol. The molecule has 0 unspecified atom stereocenters. The van der Waals surface area contributed by atoms with Crippen molar-refractivity contribution in [3.8, 4) is 0 Å². The Bertz CT molecular complexity index is 422. The summed E-state index contributed by atoms with van der Waals surface area (Å²) in [6.45, 7) is 0.535. The van der Waals surface area contributed by atoms with Crippen LogP contribution in [0.1, 0.15) is 5.56 Å². The standard InChI is InChI=1S/C9H10FN3/c1-11-4-6-2-7-5-12-13-9(7)3-8(6)10/h2-3,5,11H,4H2,1H3,(H,12,13). The maximum atomic E-state index is 13.3. The Balaban J connectivity index is 2.56. The van der Waals surface area contributed by atoms with E-state index in [2.05, 4.69) is 15.5 Å². The van der Waals surface area contributed by atoms with Gasteiger partial charge in [0.15, 0.2) is 0 Å². The largest absolute Gasteiger partial charge is 0.316 e. The van der Waals surface area contributed by atoms with Crippen LogP contribution in [0.15, 0.2) is 18.3 Å². The Morgan fingerprint density at radius 1 is 1.54 bits per heavy atom. The van der Waals surface area contributed by atoms with Gasteiger partial charge in [0.05, 0.1) is 11.7 Å². The Morgan fingerprint density at radius 3 is 3.15 bits per heavy atom. The smallest absolute Gasteiger partial charge is 0.129 e. The highest BCUT2D eigenvalue weighted by Gasteiger charge is 2.04. The van der Waals surface area contributed by atoms with Gasteiger partial charge in [0, 0.05) is 17.5 Å². The summed E-state index contributed by atoms with van der Waals surface area (Å²) < 4.78 is 13.3. The summed E-state index contributed by atoms with van der Waals surface area (Å²) in [5, 5.41) is 10.4. The SMILES string of the molecule is CNCc1cc2cn[nH]c2cc1F. The second-order valence-corrected chi connectivity index (χ2v) is 2.93. The Labute approximate surface area is 75.0 Å². The van der Waals surface area contributed by atoms with Crippen LogP contribution in [0, 0.1) is 5.82 Å². The van der Waals surface area contributed by atoms with Crippen LogP contribution in [-0.4, -0.2) is 17.2 Å². The maximum Gasteiger partial charge on any atom is 0.129 e. The number of H-pyrrole nitrogens is 1. The average molecular weight is 179 g/mol. The fraction of sp³-hybridized carbons (Fsp3) is 0.222. The van der Waals surface area contributed by atoms with Crippen LogP contribution in [0.4, 0.5) is 4.39 Å². The van der Waals surface area contributed by atoms with Crippen LogP contribution >= 0.6 is 0 Å². The number of hydrogen-bond donors (Lipinski definition) is 2. The summed E-state index contributed by atoms with van der Waals surface area (Å²) in [6, 6.07) is 3.26. The van der Waals surface area contributed by atoms with Gasteiger partial charge in [-0.05, 0) is 19.2 Å². The molecule has 3 nitrogen and oxygen atoms in total. The molecule has 1 aromatic carbocycles. The molecule has 0 spiro atoms. The van der Waals surface area contributed by atoms with Gasteiger partial charge in [-0.15, -0.1) is 0 Å². The topological polar surface area (TPSA) is 40.7 Å². The zero-order chi connectivity index (χ0) is 9.26. The number of hydrogen-bond acceptors (Lipinski definition) is 2. The molecule has 0 amide bonds. The van der Waals surface area contributed by atoms with Crippen LogP contribution in [0.25, 0.3) is 10.9 Å². The molecule has 0 bridgehead atoms. The lowest BCUT2D eigenvalue weighted by Gasteiger charge is -2.01. The minimum absolute atomic E-state index is 0.203. The molecular formula is C9H10FN3. The van der Waals surface area contributed by atoms with E-state index < -0.39 is 0 Å². The van der Waals surface area contributed by atoms with Crippen molar-refractivity contribution < 1.29 is 4.39 Å². The fourth-order valence-electron chi connectivity index (χ4n) is 1.34. The predicted molar refractivity (Wildman–Crippen MR) is 48.8 cm³/mol. The van der Waals surface area contributed by atoms with E-state index in [0.29, 0.717) is 12.1 Å². The molecule has 68 valence electrons. The van der Waals surface area contributed by atoms with Gasteiger partial charge < -0.3 is 5.32 Å². The van der Waals surface area contributed by atoms with Crippen LogP contribution < -0.4 is 5.32 Å². The first kappa shape index (κ1) is 8.19. The summed E-state index contributed by atoms with van der Waals surface area (Å²) in [6.07, 6.45) is 1.69. The van der Waals surface area contributed by atoms with E-state index in [0.717, 1.165) is 10.9 Å². The number of fused-ring (bicyclic) bond motifs is 1. The third kappa shape index (κ3) is 1.40.